The van der Waals surface area contributed by atoms with Crippen molar-refractivity contribution in [2.75, 3.05) is 41.8 Å². The van der Waals surface area contributed by atoms with Gasteiger partial charge in [-0.3, -0.25) is 4.79 Å². The normalized spacial score (nSPS) is 16.6. The Morgan fingerprint density at radius 3 is 2.39 bits per heavy atom. The topological polar surface area (TPSA) is 113 Å². The molecule has 2 aliphatic rings. The number of pyridine rings is 1. The summed E-state index contributed by atoms with van der Waals surface area (Å²) in [5, 5.41) is 5.86. The fourth-order valence-electron chi connectivity index (χ4n) is 3.68. The lowest BCUT2D eigenvalue weighted by Gasteiger charge is -2.27. The van der Waals surface area contributed by atoms with E-state index in [1.807, 2.05) is 12.1 Å². The number of aromatic nitrogens is 1. The summed E-state index contributed by atoms with van der Waals surface area (Å²) in [5.41, 5.74) is 2.20. The summed E-state index contributed by atoms with van der Waals surface area (Å²) in [6, 6.07) is 17.1. The zero-order chi connectivity index (χ0) is 22.8. The van der Waals surface area contributed by atoms with E-state index in [0.29, 0.717) is 35.7 Å². The summed E-state index contributed by atoms with van der Waals surface area (Å²) < 4.78 is 33.5. The Morgan fingerprint density at radius 1 is 0.939 bits per heavy atom. The van der Waals surface area contributed by atoms with E-state index in [1.54, 1.807) is 48.7 Å². The smallest absolute Gasteiger partial charge is 0.285 e. The van der Waals surface area contributed by atoms with Gasteiger partial charge in [-0.1, -0.05) is 12.1 Å². The van der Waals surface area contributed by atoms with E-state index in [9.17, 15) is 13.2 Å². The highest BCUT2D eigenvalue weighted by Gasteiger charge is 2.28. The van der Waals surface area contributed by atoms with Crippen molar-refractivity contribution >= 4 is 39.0 Å². The van der Waals surface area contributed by atoms with E-state index < -0.39 is 10.0 Å². The molecule has 33 heavy (non-hydrogen) atoms. The van der Waals surface area contributed by atoms with E-state index in [4.69, 9.17) is 4.74 Å². The zero-order valence-corrected chi connectivity index (χ0v) is 18.4. The maximum atomic E-state index is 12.6. The fraction of sp³-hybridized carbons (Fsp3) is 0.174. The number of amides is 1. The van der Waals surface area contributed by atoms with E-state index in [1.165, 1.54) is 6.07 Å². The molecule has 9 nitrogen and oxygen atoms in total. The Bertz CT molecular complexity index is 1320. The van der Waals surface area contributed by atoms with Crippen LogP contribution in [-0.4, -0.2) is 51.4 Å². The largest absolute Gasteiger partial charge is 0.378 e. The van der Waals surface area contributed by atoms with Gasteiger partial charge < -0.3 is 20.3 Å². The maximum absolute atomic E-state index is 12.6. The molecule has 2 aromatic carbocycles. The first-order valence-corrected chi connectivity index (χ1v) is 11.9. The van der Waals surface area contributed by atoms with Gasteiger partial charge in [0, 0.05) is 29.9 Å². The number of hydrogen-bond donors (Lipinski definition) is 2. The third-order valence-electron chi connectivity index (χ3n) is 5.38. The maximum Gasteiger partial charge on any atom is 0.285 e. The van der Waals surface area contributed by atoms with Crippen molar-refractivity contribution in [3.63, 3.8) is 0 Å². The molecule has 3 heterocycles. The Labute approximate surface area is 191 Å². The van der Waals surface area contributed by atoms with Crippen LogP contribution in [0.2, 0.25) is 0 Å². The molecule has 0 spiro atoms. The van der Waals surface area contributed by atoms with Crippen LogP contribution in [0.15, 0.2) is 76.2 Å². The van der Waals surface area contributed by atoms with Gasteiger partial charge in [-0.05, 0) is 48.5 Å². The van der Waals surface area contributed by atoms with Crippen molar-refractivity contribution in [2.45, 2.75) is 4.90 Å². The number of ether oxygens (including phenoxy) is 1. The van der Waals surface area contributed by atoms with Gasteiger partial charge in [-0.25, -0.2) is 4.98 Å². The van der Waals surface area contributed by atoms with E-state index in [0.717, 1.165) is 18.9 Å². The Morgan fingerprint density at radius 2 is 1.67 bits per heavy atom. The van der Waals surface area contributed by atoms with Gasteiger partial charge in [0.05, 0.1) is 25.1 Å². The number of nitrogens with one attached hydrogen (secondary N) is 2. The van der Waals surface area contributed by atoms with Gasteiger partial charge in [-0.2, -0.15) is 8.42 Å². The molecule has 1 aromatic heterocycles. The quantitative estimate of drug-likeness (QED) is 0.612. The lowest BCUT2D eigenvalue weighted by atomic mass is 10.1. The number of sulfonamides is 1. The standard InChI is InChI=1S/C23H21N5O4S/c29-23(26-18-9-10-21(24-15-18)28-11-13-32-14-12-28)16-5-7-17(8-6-16)25-22-19-3-1-2-4-20(19)33(30,31)27-22/h1-10,15H,11-14H2,(H,25,27)(H,26,29). The molecule has 0 unspecified atom stereocenters. The first-order valence-electron chi connectivity index (χ1n) is 10.4. The Kier molecular flexibility index (Phi) is 5.53. The van der Waals surface area contributed by atoms with Crippen molar-refractivity contribution < 1.29 is 17.9 Å². The third-order valence-corrected chi connectivity index (χ3v) is 6.72. The summed E-state index contributed by atoms with van der Waals surface area (Å²) in [6.45, 7) is 2.95. The van der Waals surface area contributed by atoms with Crippen LogP contribution in [0, 0.1) is 0 Å². The highest BCUT2D eigenvalue weighted by molar-refractivity contribution is 7.90. The molecular formula is C23H21N5O4S. The number of morpholine rings is 1. The van der Waals surface area contributed by atoms with Gasteiger partial charge in [0.25, 0.3) is 15.9 Å². The van der Waals surface area contributed by atoms with E-state index in [-0.39, 0.29) is 16.6 Å². The molecular weight excluding hydrogens is 442 g/mol. The molecule has 1 amide bonds. The number of rotatable bonds is 4. The van der Waals surface area contributed by atoms with Crippen LogP contribution in [0.5, 0.6) is 0 Å². The van der Waals surface area contributed by atoms with Crippen LogP contribution in [-0.2, 0) is 14.8 Å². The average molecular weight is 464 g/mol. The molecule has 0 atom stereocenters. The molecule has 0 bridgehead atoms. The van der Waals surface area contributed by atoms with Crippen LogP contribution in [0.3, 0.4) is 0 Å². The van der Waals surface area contributed by atoms with E-state index in [2.05, 4.69) is 24.9 Å². The number of fused-ring (bicyclic) bond motifs is 1. The van der Waals surface area contributed by atoms with Crippen molar-refractivity contribution in [1.82, 2.24) is 4.98 Å². The van der Waals surface area contributed by atoms with Gasteiger partial charge >= 0.3 is 0 Å². The van der Waals surface area contributed by atoms with Gasteiger partial charge in [0.15, 0.2) is 5.84 Å². The average Bonchev–Trinajstić information content (AvgIpc) is 3.10. The predicted molar refractivity (Wildman–Crippen MR) is 125 cm³/mol. The molecule has 0 radical (unpaired) electrons. The van der Waals surface area contributed by atoms with Gasteiger partial charge in [-0.15, -0.1) is 4.40 Å². The number of nitrogens with zero attached hydrogens (tertiary/aromatic N) is 3. The molecule has 2 aliphatic heterocycles. The first-order chi connectivity index (χ1) is 16.0. The Hall–Kier alpha value is -3.76. The minimum atomic E-state index is -3.70. The predicted octanol–water partition coefficient (Wildman–Crippen LogP) is 2.73. The molecule has 5 rings (SSSR count). The molecule has 10 heteroatoms. The number of carbonyl (C=O) groups excluding carboxylic acids is 1. The first kappa shape index (κ1) is 21.1. The van der Waals surface area contributed by atoms with Gasteiger partial charge in [0.2, 0.25) is 0 Å². The number of carbonyl (C=O) groups is 1. The molecule has 0 saturated carbocycles. The number of anilines is 3. The molecule has 1 saturated heterocycles. The Balaban J connectivity index is 1.24. The lowest BCUT2D eigenvalue weighted by Crippen LogP contribution is -2.36. The van der Waals surface area contributed by atoms with Crippen LogP contribution in [0.4, 0.5) is 17.2 Å². The number of hydrogen-bond acceptors (Lipinski definition) is 7. The molecule has 3 aromatic rings. The van der Waals surface area contributed by atoms with Crippen molar-refractivity contribution in [2.24, 2.45) is 4.40 Å². The van der Waals surface area contributed by atoms with Crippen LogP contribution in [0.1, 0.15) is 15.9 Å². The summed E-state index contributed by atoms with van der Waals surface area (Å²) in [6.07, 6.45) is 1.63. The number of amidine groups is 1. The molecule has 2 N–H and O–H groups in total. The second kappa shape index (κ2) is 8.64. The second-order valence-electron chi connectivity index (χ2n) is 7.57. The summed E-state index contributed by atoms with van der Waals surface area (Å²) in [7, 11) is -3.70. The van der Waals surface area contributed by atoms with Crippen LogP contribution < -0.4 is 15.5 Å². The minimum absolute atomic E-state index is 0.178. The second-order valence-corrected chi connectivity index (χ2v) is 9.14. The zero-order valence-electron chi connectivity index (χ0n) is 17.6. The summed E-state index contributed by atoms with van der Waals surface area (Å²) >= 11 is 0. The molecule has 0 aliphatic carbocycles. The van der Waals surface area contributed by atoms with Crippen LogP contribution in [0.25, 0.3) is 0 Å². The summed E-state index contributed by atoms with van der Waals surface area (Å²) in [5.74, 6) is 0.841. The van der Waals surface area contributed by atoms with Gasteiger partial charge in [0.1, 0.15) is 10.7 Å². The SMILES string of the molecule is O=C(Nc1ccc(N2CCOCC2)nc1)c1ccc(NC2=NS(=O)(=O)c3ccccc32)cc1. The minimum Gasteiger partial charge on any atom is -0.378 e. The molecule has 168 valence electrons. The monoisotopic (exact) mass is 463 g/mol. The molecule has 1 fully saturated rings. The van der Waals surface area contributed by atoms with Crippen molar-refractivity contribution in [3.05, 3.63) is 78.0 Å². The fourth-order valence-corrected chi connectivity index (χ4v) is 4.86. The van der Waals surface area contributed by atoms with E-state index >= 15 is 0 Å². The van der Waals surface area contributed by atoms with Crippen molar-refractivity contribution in [3.8, 4) is 0 Å². The number of benzene rings is 2. The highest BCUT2D eigenvalue weighted by atomic mass is 32.2. The summed E-state index contributed by atoms with van der Waals surface area (Å²) in [4.78, 5) is 19.4. The van der Waals surface area contributed by atoms with Crippen molar-refractivity contribution in [1.29, 1.82) is 0 Å². The third kappa shape index (κ3) is 4.43. The highest BCUT2D eigenvalue weighted by Crippen LogP contribution is 2.26. The van der Waals surface area contributed by atoms with Crippen LogP contribution >= 0.6 is 0 Å². The lowest BCUT2D eigenvalue weighted by molar-refractivity contribution is 0.102.